The molecule has 120 valence electrons. The van der Waals surface area contributed by atoms with Crippen molar-refractivity contribution in [1.82, 2.24) is 0 Å². The Morgan fingerprint density at radius 1 is 1.32 bits per heavy atom. The molecule has 0 saturated heterocycles. The van der Waals surface area contributed by atoms with E-state index in [2.05, 4.69) is 26.1 Å². The van der Waals surface area contributed by atoms with Gasteiger partial charge in [-0.1, -0.05) is 27.2 Å². The lowest BCUT2D eigenvalue weighted by Crippen LogP contribution is -2.37. The first kappa shape index (κ1) is 16.5. The number of amides is 2. The van der Waals surface area contributed by atoms with Crippen LogP contribution < -0.4 is 10.2 Å². The number of aryl methyl sites for hydroxylation is 1. The van der Waals surface area contributed by atoms with E-state index in [1.165, 1.54) is 0 Å². The molecule has 2 amide bonds. The predicted molar refractivity (Wildman–Crippen MR) is 90.1 cm³/mol. The standard InChI is InChI=1S/C18H26N2O2/c1-4-5-6-17(21)19-15-8-9-16-14(11-15)7-10-18(22)20(16)12-13(2)3/h8-9,11,13H,4-7,10,12H2,1-3H3,(H,19,21). The minimum absolute atomic E-state index is 0.0627. The fourth-order valence-corrected chi connectivity index (χ4v) is 2.76. The van der Waals surface area contributed by atoms with E-state index in [9.17, 15) is 9.59 Å². The van der Waals surface area contributed by atoms with E-state index in [4.69, 9.17) is 0 Å². The van der Waals surface area contributed by atoms with Crippen LogP contribution in [-0.4, -0.2) is 18.4 Å². The predicted octanol–water partition coefficient (Wildman–Crippen LogP) is 3.75. The summed E-state index contributed by atoms with van der Waals surface area (Å²) in [5.41, 5.74) is 2.98. The van der Waals surface area contributed by atoms with Crippen LogP contribution in [0.4, 0.5) is 11.4 Å². The maximum absolute atomic E-state index is 12.1. The zero-order valence-electron chi connectivity index (χ0n) is 13.8. The maximum atomic E-state index is 12.1. The highest BCUT2D eigenvalue weighted by molar-refractivity contribution is 5.97. The monoisotopic (exact) mass is 302 g/mol. The summed E-state index contributed by atoms with van der Waals surface area (Å²) < 4.78 is 0. The average Bonchev–Trinajstić information content (AvgIpc) is 2.48. The summed E-state index contributed by atoms with van der Waals surface area (Å²) in [6.07, 6.45) is 3.79. The fraction of sp³-hybridized carbons (Fsp3) is 0.556. The van der Waals surface area contributed by atoms with Crippen molar-refractivity contribution in [3.63, 3.8) is 0 Å². The van der Waals surface area contributed by atoms with Gasteiger partial charge in [-0.25, -0.2) is 0 Å². The molecule has 0 bridgehead atoms. The summed E-state index contributed by atoms with van der Waals surface area (Å²) in [6.45, 7) is 7.05. The molecule has 1 heterocycles. The van der Waals surface area contributed by atoms with Gasteiger partial charge >= 0.3 is 0 Å². The van der Waals surface area contributed by atoms with E-state index >= 15 is 0 Å². The van der Waals surface area contributed by atoms with Crippen molar-refractivity contribution in [2.75, 3.05) is 16.8 Å². The van der Waals surface area contributed by atoms with E-state index in [0.717, 1.165) is 42.7 Å². The molecule has 1 N–H and O–H groups in total. The molecule has 22 heavy (non-hydrogen) atoms. The van der Waals surface area contributed by atoms with Gasteiger partial charge in [0.05, 0.1) is 0 Å². The number of nitrogens with one attached hydrogen (secondary N) is 1. The zero-order valence-corrected chi connectivity index (χ0v) is 13.8. The topological polar surface area (TPSA) is 49.4 Å². The zero-order chi connectivity index (χ0) is 16.1. The number of rotatable bonds is 6. The van der Waals surface area contributed by atoms with Gasteiger partial charge in [-0.3, -0.25) is 9.59 Å². The van der Waals surface area contributed by atoms with Gasteiger partial charge in [-0.05, 0) is 42.5 Å². The van der Waals surface area contributed by atoms with Crippen LogP contribution in [-0.2, 0) is 16.0 Å². The van der Waals surface area contributed by atoms with Crippen molar-refractivity contribution in [2.24, 2.45) is 5.92 Å². The number of unbranched alkanes of at least 4 members (excludes halogenated alkanes) is 1. The largest absolute Gasteiger partial charge is 0.326 e. The van der Waals surface area contributed by atoms with E-state index in [1.54, 1.807) is 0 Å². The van der Waals surface area contributed by atoms with Crippen molar-refractivity contribution in [1.29, 1.82) is 0 Å². The Labute approximate surface area is 132 Å². The molecule has 0 unspecified atom stereocenters. The Morgan fingerprint density at radius 2 is 2.09 bits per heavy atom. The van der Waals surface area contributed by atoms with Crippen molar-refractivity contribution in [3.8, 4) is 0 Å². The lowest BCUT2D eigenvalue weighted by molar-refractivity contribution is -0.119. The maximum Gasteiger partial charge on any atom is 0.227 e. The molecule has 0 fully saturated rings. The third kappa shape index (κ3) is 4.09. The smallest absolute Gasteiger partial charge is 0.227 e. The van der Waals surface area contributed by atoms with Gasteiger partial charge in [0.25, 0.3) is 0 Å². The molecular formula is C18H26N2O2. The Bertz CT molecular complexity index is 552. The van der Waals surface area contributed by atoms with Crippen molar-refractivity contribution in [3.05, 3.63) is 23.8 Å². The highest BCUT2D eigenvalue weighted by Gasteiger charge is 2.24. The van der Waals surface area contributed by atoms with Crippen LogP contribution in [0.15, 0.2) is 18.2 Å². The number of hydrogen-bond donors (Lipinski definition) is 1. The SMILES string of the molecule is CCCCC(=O)Nc1ccc2c(c1)CCC(=O)N2CC(C)C. The Balaban J connectivity index is 2.13. The van der Waals surface area contributed by atoms with Gasteiger partial charge in [0, 0.05) is 30.8 Å². The number of anilines is 2. The van der Waals surface area contributed by atoms with Crippen LogP contribution in [0.5, 0.6) is 0 Å². The Morgan fingerprint density at radius 3 is 2.77 bits per heavy atom. The van der Waals surface area contributed by atoms with Crippen LogP contribution in [0.2, 0.25) is 0 Å². The normalized spacial score (nSPS) is 14.2. The minimum atomic E-state index is 0.0627. The second-order valence-corrected chi connectivity index (χ2v) is 6.39. The van der Waals surface area contributed by atoms with Crippen molar-refractivity contribution < 1.29 is 9.59 Å². The third-order valence-corrected chi connectivity index (χ3v) is 3.87. The van der Waals surface area contributed by atoms with Gasteiger partial charge in [-0.15, -0.1) is 0 Å². The van der Waals surface area contributed by atoms with Crippen LogP contribution in [0.3, 0.4) is 0 Å². The summed E-state index contributed by atoms with van der Waals surface area (Å²) in [4.78, 5) is 25.8. The average molecular weight is 302 g/mol. The summed E-state index contributed by atoms with van der Waals surface area (Å²) in [5, 5.41) is 2.95. The molecule has 1 aliphatic heterocycles. The fourth-order valence-electron chi connectivity index (χ4n) is 2.76. The first-order chi connectivity index (χ1) is 10.5. The van der Waals surface area contributed by atoms with E-state index in [1.807, 2.05) is 23.1 Å². The molecule has 0 aliphatic carbocycles. The quantitative estimate of drug-likeness (QED) is 0.870. The molecule has 4 heteroatoms. The highest BCUT2D eigenvalue weighted by Crippen LogP contribution is 2.31. The summed E-state index contributed by atoms with van der Waals surface area (Å²) in [7, 11) is 0. The van der Waals surface area contributed by atoms with Gasteiger partial charge in [0.2, 0.25) is 11.8 Å². The van der Waals surface area contributed by atoms with Gasteiger partial charge in [-0.2, -0.15) is 0 Å². The molecule has 1 aliphatic rings. The van der Waals surface area contributed by atoms with Crippen LogP contribution >= 0.6 is 0 Å². The minimum Gasteiger partial charge on any atom is -0.326 e. The van der Waals surface area contributed by atoms with E-state index < -0.39 is 0 Å². The van der Waals surface area contributed by atoms with Gasteiger partial charge in [0.1, 0.15) is 0 Å². The van der Waals surface area contributed by atoms with E-state index in [-0.39, 0.29) is 11.8 Å². The summed E-state index contributed by atoms with van der Waals surface area (Å²) in [6, 6.07) is 5.87. The first-order valence-corrected chi connectivity index (χ1v) is 8.24. The number of fused-ring (bicyclic) bond motifs is 1. The Kier molecular flexibility index (Phi) is 5.58. The number of carbonyl (C=O) groups excluding carboxylic acids is 2. The summed E-state index contributed by atoms with van der Waals surface area (Å²) >= 11 is 0. The first-order valence-electron chi connectivity index (χ1n) is 8.24. The lowest BCUT2D eigenvalue weighted by Gasteiger charge is -2.31. The van der Waals surface area contributed by atoms with Crippen LogP contribution in [0.1, 0.15) is 52.0 Å². The second kappa shape index (κ2) is 7.43. The molecule has 0 radical (unpaired) electrons. The lowest BCUT2D eigenvalue weighted by atomic mass is 9.99. The van der Waals surface area contributed by atoms with E-state index in [0.29, 0.717) is 18.8 Å². The second-order valence-electron chi connectivity index (χ2n) is 6.39. The van der Waals surface area contributed by atoms with Gasteiger partial charge in [0.15, 0.2) is 0 Å². The van der Waals surface area contributed by atoms with Crippen molar-refractivity contribution in [2.45, 2.75) is 52.9 Å². The molecule has 0 spiro atoms. The molecule has 4 nitrogen and oxygen atoms in total. The molecule has 0 atom stereocenters. The number of hydrogen-bond acceptors (Lipinski definition) is 2. The van der Waals surface area contributed by atoms with Crippen molar-refractivity contribution >= 4 is 23.2 Å². The molecule has 1 aromatic carbocycles. The number of benzene rings is 1. The molecule has 0 aromatic heterocycles. The molecule has 2 rings (SSSR count). The third-order valence-electron chi connectivity index (χ3n) is 3.87. The number of nitrogens with zero attached hydrogens (tertiary/aromatic N) is 1. The molecular weight excluding hydrogens is 276 g/mol. The number of carbonyl (C=O) groups is 2. The van der Waals surface area contributed by atoms with Crippen LogP contribution in [0, 0.1) is 5.92 Å². The van der Waals surface area contributed by atoms with Gasteiger partial charge < -0.3 is 10.2 Å². The van der Waals surface area contributed by atoms with Crippen LogP contribution in [0.25, 0.3) is 0 Å². The highest BCUT2D eigenvalue weighted by atomic mass is 16.2. The Hall–Kier alpha value is -1.84. The summed E-state index contributed by atoms with van der Waals surface area (Å²) in [5.74, 6) is 0.692. The molecule has 0 saturated carbocycles. The molecule has 1 aromatic rings.